The fraction of sp³-hybridized carbons (Fsp3) is 0.538. The number of nitrogens with one attached hydrogen (secondary N) is 1. The van der Waals surface area contributed by atoms with Crippen molar-refractivity contribution in [1.29, 1.82) is 0 Å². The number of methoxy groups -OCH3 is 1. The normalized spacial score (nSPS) is 17.1. The van der Waals surface area contributed by atoms with Gasteiger partial charge in [0.2, 0.25) is 0 Å². The summed E-state index contributed by atoms with van der Waals surface area (Å²) in [6, 6.07) is 1.79. The van der Waals surface area contributed by atoms with Gasteiger partial charge in [-0.25, -0.2) is 0 Å². The Morgan fingerprint density at radius 2 is 2.06 bits per heavy atom. The van der Waals surface area contributed by atoms with Gasteiger partial charge in [0.15, 0.2) is 11.5 Å². The van der Waals surface area contributed by atoms with Crippen LogP contribution >= 0.6 is 15.9 Å². The number of rotatable bonds is 2. The van der Waals surface area contributed by atoms with Crippen LogP contribution in [0, 0.1) is 6.92 Å². The molecular formula is C13H18BrNO2. The van der Waals surface area contributed by atoms with E-state index in [0.29, 0.717) is 11.7 Å². The van der Waals surface area contributed by atoms with Crippen molar-refractivity contribution < 1.29 is 9.84 Å². The Kier molecular flexibility index (Phi) is 3.94. The predicted octanol–water partition coefficient (Wildman–Crippen LogP) is 2.94. The van der Waals surface area contributed by atoms with Crippen molar-refractivity contribution in [3.05, 3.63) is 21.7 Å². The number of benzene rings is 1. The van der Waals surface area contributed by atoms with E-state index >= 15 is 0 Å². The molecule has 4 heteroatoms. The lowest BCUT2D eigenvalue weighted by molar-refractivity contribution is 0.368. The largest absolute Gasteiger partial charge is 0.504 e. The highest BCUT2D eigenvalue weighted by Gasteiger charge is 2.23. The second-order valence-corrected chi connectivity index (χ2v) is 5.29. The Labute approximate surface area is 110 Å². The van der Waals surface area contributed by atoms with Crippen LogP contribution in [-0.4, -0.2) is 25.3 Å². The summed E-state index contributed by atoms with van der Waals surface area (Å²) in [7, 11) is 1.58. The van der Waals surface area contributed by atoms with Crippen LogP contribution in [0.25, 0.3) is 0 Å². The van der Waals surface area contributed by atoms with Gasteiger partial charge < -0.3 is 15.2 Å². The standard InChI is InChI=1S/C13H18BrNO2/c1-8-7-10(16)13(17-2)12(14)11(8)9-3-5-15-6-4-9/h7,9,15-16H,3-6H2,1-2H3. The summed E-state index contributed by atoms with van der Waals surface area (Å²) < 4.78 is 6.16. The molecule has 1 aromatic carbocycles. The molecule has 2 N–H and O–H groups in total. The van der Waals surface area contributed by atoms with Crippen molar-refractivity contribution in [3.8, 4) is 11.5 Å². The lowest BCUT2D eigenvalue weighted by Gasteiger charge is -2.26. The molecule has 0 aromatic heterocycles. The Morgan fingerprint density at radius 3 is 2.65 bits per heavy atom. The summed E-state index contributed by atoms with van der Waals surface area (Å²) in [6.07, 6.45) is 2.26. The minimum absolute atomic E-state index is 0.203. The number of ether oxygens (including phenoxy) is 1. The first-order valence-corrected chi connectivity index (χ1v) is 6.71. The van der Waals surface area contributed by atoms with Gasteiger partial charge in [-0.3, -0.25) is 0 Å². The van der Waals surface area contributed by atoms with Crippen molar-refractivity contribution in [2.24, 2.45) is 0 Å². The molecule has 0 aliphatic carbocycles. The average molecular weight is 300 g/mol. The van der Waals surface area contributed by atoms with E-state index in [9.17, 15) is 5.11 Å². The number of phenols is 1. The molecule has 0 radical (unpaired) electrons. The molecular weight excluding hydrogens is 282 g/mol. The van der Waals surface area contributed by atoms with E-state index in [-0.39, 0.29) is 5.75 Å². The molecule has 1 heterocycles. The van der Waals surface area contributed by atoms with Crippen LogP contribution in [-0.2, 0) is 0 Å². The Morgan fingerprint density at radius 1 is 1.41 bits per heavy atom. The SMILES string of the molecule is COc1c(O)cc(C)c(C2CCNCC2)c1Br. The highest BCUT2D eigenvalue weighted by Crippen LogP contribution is 2.43. The molecule has 0 spiro atoms. The molecule has 94 valence electrons. The van der Waals surface area contributed by atoms with Crippen LogP contribution in [0.15, 0.2) is 10.5 Å². The topological polar surface area (TPSA) is 41.5 Å². The van der Waals surface area contributed by atoms with Crippen molar-refractivity contribution in [2.45, 2.75) is 25.7 Å². The van der Waals surface area contributed by atoms with E-state index in [1.54, 1.807) is 13.2 Å². The lowest BCUT2D eigenvalue weighted by Crippen LogP contribution is -2.27. The number of aryl methyl sites for hydroxylation is 1. The molecule has 1 aliphatic rings. The predicted molar refractivity (Wildman–Crippen MR) is 71.9 cm³/mol. The molecule has 3 nitrogen and oxygen atoms in total. The Hall–Kier alpha value is -0.740. The van der Waals surface area contributed by atoms with Crippen LogP contribution in [0.3, 0.4) is 0 Å². The third kappa shape index (κ3) is 2.43. The lowest BCUT2D eigenvalue weighted by atomic mass is 9.87. The first kappa shape index (κ1) is 12.7. The van der Waals surface area contributed by atoms with Gasteiger partial charge in [0.05, 0.1) is 11.6 Å². The number of hydrogen-bond acceptors (Lipinski definition) is 3. The second kappa shape index (κ2) is 5.27. The third-order valence-corrected chi connectivity index (χ3v) is 4.19. The summed E-state index contributed by atoms with van der Waals surface area (Å²) >= 11 is 3.57. The smallest absolute Gasteiger partial charge is 0.174 e. The minimum atomic E-state index is 0.203. The molecule has 2 rings (SSSR count). The quantitative estimate of drug-likeness (QED) is 0.882. The van der Waals surface area contributed by atoms with Crippen LogP contribution in [0.2, 0.25) is 0 Å². The molecule has 1 fully saturated rings. The van der Waals surface area contributed by atoms with E-state index in [1.165, 1.54) is 5.56 Å². The summed E-state index contributed by atoms with van der Waals surface area (Å²) in [4.78, 5) is 0. The maximum absolute atomic E-state index is 9.83. The van der Waals surface area contributed by atoms with Gasteiger partial charge in [-0.15, -0.1) is 0 Å². The number of aromatic hydroxyl groups is 1. The fourth-order valence-corrected chi connectivity index (χ4v) is 3.56. The monoisotopic (exact) mass is 299 g/mol. The van der Waals surface area contributed by atoms with Crippen molar-refractivity contribution in [2.75, 3.05) is 20.2 Å². The van der Waals surface area contributed by atoms with Crippen molar-refractivity contribution >= 4 is 15.9 Å². The highest BCUT2D eigenvalue weighted by molar-refractivity contribution is 9.10. The number of halogens is 1. The van der Waals surface area contributed by atoms with E-state index < -0.39 is 0 Å². The summed E-state index contributed by atoms with van der Waals surface area (Å²) in [5.74, 6) is 1.29. The highest BCUT2D eigenvalue weighted by atomic mass is 79.9. The molecule has 0 saturated carbocycles. The first-order chi connectivity index (χ1) is 8.15. The second-order valence-electron chi connectivity index (χ2n) is 4.50. The summed E-state index contributed by atoms with van der Waals surface area (Å²) in [6.45, 7) is 4.15. The zero-order chi connectivity index (χ0) is 12.4. The van der Waals surface area contributed by atoms with Crippen molar-refractivity contribution in [1.82, 2.24) is 5.32 Å². The molecule has 17 heavy (non-hydrogen) atoms. The van der Waals surface area contributed by atoms with Gasteiger partial charge in [0, 0.05) is 0 Å². The van der Waals surface area contributed by atoms with Crippen LogP contribution < -0.4 is 10.1 Å². The number of phenolic OH excluding ortho intramolecular Hbond substituents is 1. The summed E-state index contributed by atoms with van der Waals surface area (Å²) in [5.41, 5.74) is 2.41. The average Bonchev–Trinajstić information content (AvgIpc) is 2.30. The molecule has 0 amide bonds. The van der Waals surface area contributed by atoms with Gasteiger partial charge >= 0.3 is 0 Å². The number of hydrogen-bond donors (Lipinski definition) is 2. The van der Waals surface area contributed by atoms with E-state index in [1.807, 2.05) is 6.92 Å². The van der Waals surface area contributed by atoms with Gasteiger partial charge in [-0.1, -0.05) is 0 Å². The molecule has 0 unspecified atom stereocenters. The Balaban J connectivity index is 2.44. The molecule has 0 atom stereocenters. The van der Waals surface area contributed by atoms with Crippen LogP contribution in [0.5, 0.6) is 11.5 Å². The van der Waals surface area contributed by atoms with E-state index in [2.05, 4.69) is 21.2 Å². The fourth-order valence-electron chi connectivity index (χ4n) is 2.56. The zero-order valence-electron chi connectivity index (χ0n) is 10.2. The van der Waals surface area contributed by atoms with E-state index in [0.717, 1.165) is 36.0 Å². The third-order valence-electron chi connectivity index (χ3n) is 3.40. The zero-order valence-corrected chi connectivity index (χ0v) is 11.8. The van der Waals surface area contributed by atoms with Crippen molar-refractivity contribution in [3.63, 3.8) is 0 Å². The number of piperidine rings is 1. The van der Waals surface area contributed by atoms with Gasteiger partial charge in [-0.05, 0) is 71.9 Å². The maximum atomic E-state index is 9.83. The first-order valence-electron chi connectivity index (χ1n) is 5.91. The molecule has 1 aliphatic heterocycles. The van der Waals surface area contributed by atoms with E-state index in [4.69, 9.17) is 4.74 Å². The van der Waals surface area contributed by atoms with Crippen LogP contribution in [0.1, 0.15) is 29.9 Å². The van der Waals surface area contributed by atoms with Gasteiger partial charge in [0.25, 0.3) is 0 Å². The summed E-state index contributed by atoms with van der Waals surface area (Å²) in [5, 5.41) is 13.2. The molecule has 1 saturated heterocycles. The minimum Gasteiger partial charge on any atom is -0.504 e. The van der Waals surface area contributed by atoms with Gasteiger partial charge in [-0.2, -0.15) is 0 Å². The molecule has 1 aromatic rings. The Bertz CT molecular complexity index is 414. The van der Waals surface area contributed by atoms with Crippen LogP contribution in [0.4, 0.5) is 0 Å². The van der Waals surface area contributed by atoms with Gasteiger partial charge in [0.1, 0.15) is 0 Å². The molecule has 0 bridgehead atoms. The maximum Gasteiger partial charge on any atom is 0.174 e.